The van der Waals surface area contributed by atoms with Crippen LogP contribution in [0.2, 0.25) is 10.0 Å². The minimum absolute atomic E-state index is 0.380. The quantitative estimate of drug-likeness (QED) is 0.581. The summed E-state index contributed by atoms with van der Waals surface area (Å²) in [6, 6.07) is 14.3. The number of hydrogen-bond donors (Lipinski definition) is 2. The number of aromatic nitrogens is 1. The van der Waals surface area contributed by atoms with E-state index in [9.17, 15) is 4.79 Å². The minimum Gasteiger partial charge on any atom is -0.308 e. The predicted octanol–water partition coefficient (Wildman–Crippen LogP) is 6.07. The van der Waals surface area contributed by atoms with Crippen molar-refractivity contribution in [3.05, 3.63) is 63.5 Å². The average Bonchev–Trinajstić information content (AvgIpc) is 2.92. The summed E-state index contributed by atoms with van der Waals surface area (Å²) < 4.78 is 0. The highest BCUT2D eigenvalue weighted by atomic mass is 35.5. The van der Waals surface area contributed by atoms with E-state index in [0.29, 0.717) is 20.9 Å². The molecule has 0 spiro atoms. The summed E-state index contributed by atoms with van der Waals surface area (Å²) in [6.07, 6.45) is 0. The normalized spacial score (nSPS) is 10.5. The maximum absolute atomic E-state index is 12.1. The van der Waals surface area contributed by atoms with Crippen LogP contribution in [0.3, 0.4) is 0 Å². The summed E-state index contributed by atoms with van der Waals surface area (Å²) in [4.78, 5) is 17.6. The van der Waals surface area contributed by atoms with Crippen molar-refractivity contribution in [1.82, 2.24) is 4.98 Å². The van der Waals surface area contributed by atoms with Crippen LogP contribution in [0.25, 0.3) is 11.3 Å². The second-order valence-electron chi connectivity index (χ2n) is 5.00. The van der Waals surface area contributed by atoms with Crippen LogP contribution in [-0.4, -0.2) is 11.0 Å². The van der Waals surface area contributed by atoms with E-state index < -0.39 is 0 Å². The van der Waals surface area contributed by atoms with Crippen LogP contribution >= 0.6 is 34.5 Å². The van der Waals surface area contributed by atoms with Crippen molar-refractivity contribution in [2.45, 2.75) is 6.92 Å². The number of carbonyl (C=O) groups excluding carboxylic acids is 1. The van der Waals surface area contributed by atoms with E-state index in [1.54, 1.807) is 18.2 Å². The number of amides is 2. The maximum atomic E-state index is 12.1. The van der Waals surface area contributed by atoms with E-state index in [1.165, 1.54) is 11.3 Å². The summed E-state index contributed by atoms with van der Waals surface area (Å²) in [7, 11) is 0. The number of thiazole rings is 1. The minimum atomic E-state index is -0.387. The van der Waals surface area contributed by atoms with Gasteiger partial charge in [-0.2, -0.15) is 0 Å². The SMILES string of the molecule is Cc1sc(NC(=O)Nc2ccc(Cl)c(Cl)c2)nc1-c1ccccc1. The molecule has 1 aromatic heterocycles. The highest BCUT2D eigenvalue weighted by molar-refractivity contribution is 7.16. The molecule has 0 aliphatic heterocycles. The Morgan fingerprint density at radius 3 is 2.50 bits per heavy atom. The van der Waals surface area contributed by atoms with Gasteiger partial charge in [0.1, 0.15) is 0 Å². The second kappa shape index (κ2) is 7.21. The molecule has 2 aromatic carbocycles. The molecule has 0 radical (unpaired) electrons. The summed E-state index contributed by atoms with van der Waals surface area (Å²) in [6.45, 7) is 1.97. The van der Waals surface area contributed by atoms with E-state index in [1.807, 2.05) is 37.3 Å². The van der Waals surface area contributed by atoms with Crippen molar-refractivity contribution >= 4 is 51.4 Å². The van der Waals surface area contributed by atoms with E-state index >= 15 is 0 Å². The fourth-order valence-corrected chi connectivity index (χ4v) is 3.28. The standard InChI is InChI=1S/C17H13Cl2N3OS/c1-10-15(11-5-3-2-4-6-11)21-17(24-10)22-16(23)20-12-7-8-13(18)14(19)9-12/h2-9H,1H3,(H2,20,21,22,23). The molecular formula is C17H13Cl2N3OS. The Bertz CT molecular complexity index is 881. The first kappa shape index (κ1) is 16.8. The molecule has 24 heavy (non-hydrogen) atoms. The van der Waals surface area contributed by atoms with Crippen molar-refractivity contribution < 1.29 is 4.79 Å². The molecule has 0 atom stereocenters. The number of nitrogens with one attached hydrogen (secondary N) is 2. The van der Waals surface area contributed by atoms with Gasteiger partial charge in [0.2, 0.25) is 0 Å². The zero-order valence-electron chi connectivity index (χ0n) is 12.6. The first-order chi connectivity index (χ1) is 11.5. The molecule has 7 heteroatoms. The highest BCUT2D eigenvalue weighted by Crippen LogP contribution is 2.30. The Hall–Kier alpha value is -2.08. The summed E-state index contributed by atoms with van der Waals surface area (Å²) in [5.74, 6) is 0. The van der Waals surface area contributed by atoms with Crippen LogP contribution in [0.1, 0.15) is 4.88 Å². The van der Waals surface area contributed by atoms with Crippen LogP contribution < -0.4 is 10.6 Å². The zero-order valence-corrected chi connectivity index (χ0v) is 15.0. The second-order valence-corrected chi connectivity index (χ2v) is 7.02. The Balaban J connectivity index is 1.72. The smallest absolute Gasteiger partial charge is 0.308 e. The number of rotatable bonds is 3. The molecule has 122 valence electrons. The molecule has 3 rings (SSSR count). The molecular weight excluding hydrogens is 365 g/mol. The van der Waals surface area contributed by atoms with Gasteiger partial charge in [-0.15, -0.1) is 11.3 Å². The third-order valence-corrected chi connectivity index (χ3v) is 4.87. The first-order valence-electron chi connectivity index (χ1n) is 7.09. The van der Waals surface area contributed by atoms with Gasteiger partial charge in [-0.1, -0.05) is 53.5 Å². The Morgan fingerprint density at radius 2 is 1.79 bits per heavy atom. The highest BCUT2D eigenvalue weighted by Gasteiger charge is 2.12. The number of anilines is 2. The van der Waals surface area contributed by atoms with Gasteiger partial charge >= 0.3 is 6.03 Å². The van der Waals surface area contributed by atoms with Crippen molar-refractivity contribution in [1.29, 1.82) is 0 Å². The molecule has 2 N–H and O–H groups in total. The van der Waals surface area contributed by atoms with Crippen LogP contribution in [0.5, 0.6) is 0 Å². The largest absolute Gasteiger partial charge is 0.325 e. The number of carbonyl (C=O) groups is 1. The maximum Gasteiger partial charge on any atom is 0.325 e. The van der Waals surface area contributed by atoms with Gasteiger partial charge in [0.25, 0.3) is 0 Å². The Labute approximate surface area is 153 Å². The lowest BCUT2D eigenvalue weighted by molar-refractivity contribution is 0.262. The molecule has 0 saturated heterocycles. The summed E-state index contributed by atoms with van der Waals surface area (Å²) in [5, 5.41) is 6.78. The van der Waals surface area contributed by atoms with Gasteiger partial charge in [-0.25, -0.2) is 9.78 Å². The summed E-state index contributed by atoms with van der Waals surface area (Å²) >= 11 is 13.2. The molecule has 0 unspecified atom stereocenters. The third kappa shape index (κ3) is 3.87. The molecule has 4 nitrogen and oxygen atoms in total. The van der Waals surface area contributed by atoms with Gasteiger partial charge in [0.05, 0.1) is 15.7 Å². The van der Waals surface area contributed by atoms with Crippen LogP contribution in [0.15, 0.2) is 48.5 Å². The molecule has 0 fully saturated rings. The van der Waals surface area contributed by atoms with Crippen molar-refractivity contribution in [3.8, 4) is 11.3 Å². The zero-order chi connectivity index (χ0) is 17.1. The fourth-order valence-electron chi connectivity index (χ4n) is 2.15. The van der Waals surface area contributed by atoms with E-state index in [0.717, 1.165) is 16.1 Å². The molecule has 0 saturated carbocycles. The van der Waals surface area contributed by atoms with E-state index in [4.69, 9.17) is 23.2 Å². The van der Waals surface area contributed by atoms with Crippen molar-refractivity contribution in [2.75, 3.05) is 10.6 Å². The number of nitrogens with zero attached hydrogens (tertiary/aromatic N) is 1. The van der Waals surface area contributed by atoms with Crippen molar-refractivity contribution in [3.63, 3.8) is 0 Å². The van der Waals surface area contributed by atoms with Crippen LogP contribution in [0.4, 0.5) is 15.6 Å². The lowest BCUT2D eigenvalue weighted by Crippen LogP contribution is -2.19. The molecule has 0 aliphatic carbocycles. The summed E-state index contributed by atoms with van der Waals surface area (Å²) in [5.41, 5.74) is 2.44. The van der Waals surface area contributed by atoms with E-state index in [2.05, 4.69) is 15.6 Å². The van der Waals surface area contributed by atoms with Crippen LogP contribution in [0, 0.1) is 6.92 Å². The van der Waals surface area contributed by atoms with Crippen LogP contribution in [-0.2, 0) is 0 Å². The third-order valence-electron chi connectivity index (χ3n) is 3.24. The van der Waals surface area contributed by atoms with Gasteiger partial charge in [-0.05, 0) is 25.1 Å². The van der Waals surface area contributed by atoms with E-state index in [-0.39, 0.29) is 6.03 Å². The lowest BCUT2D eigenvalue weighted by Gasteiger charge is -2.06. The first-order valence-corrected chi connectivity index (χ1v) is 8.66. The number of halogens is 2. The topological polar surface area (TPSA) is 54.0 Å². The van der Waals surface area contributed by atoms with Crippen molar-refractivity contribution in [2.24, 2.45) is 0 Å². The Kier molecular flexibility index (Phi) is 5.04. The Morgan fingerprint density at radius 1 is 1.04 bits per heavy atom. The molecule has 0 aliphatic rings. The van der Waals surface area contributed by atoms with Gasteiger partial charge in [-0.3, -0.25) is 5.32 Å². The molecule has 0 bridgehead atoms. The van der Waals surface area contributed by atoms with Gasteiger partial charge < -0.3 is 5.32 Å². The number of urea groups is 1. The van der Waals surface area contributed by atoms with Gasteiger partial charge in [0, 0.05) is 16.1 Å². The number of benzene rings is 2. The predicted molar refractivity (Wildman–Crippen MR) is 101 cm³/mol. The number of aryl methyl sites for hydroxylation is 1. The van der Waals surface area contributed by atoms with Gasteiger partial charge in [0.15, 0.2) is 5.13 Å². The molecule has 1 heterocycles. The molecule has 3 aromatic rings. The number of hydrogen-bond acceptors (Lipinski definition) is 3. The molecule has 2 amide bonds. The fraction of sp³-hybridized carbons (Fsp3) is 0.0588. The average molecular weight is 378 g/mol. The lowest BCUT2D eigenvalue weighted by atomic mass is 10.1. The monoisotopic (exact) mass is 377 g/mol.